The van der Waals surface area contributed by atoms with E-state index in [0.29, 0.717) is 10.7 Å². The normalized spacial score (nSPS) is 10.8. The van der Waals surface area contributed by atoms with E-state index < -0.39 is 44.1 Å². The average Bonchev–Trinajstić information content (AvgIpc) is 2.78. The van der Waals surface area contributed by atoms with Gasteiger partial charge in [0.15, 0.2) is 6.61 Å². The molecule has 0 saturated carbocycles. The minimum atomic E-state index is -4.34. The maximum Gasteiger partial charge on any atom is 0.339 e. The number of carbonyl (C=O) groups is 2. The Kier molecular flexibility index (Phi) is 7.26. The number of amides is 1. The van der Waals surface area contributed by atoms with Crippen LogP contribution < -0.4 is 9.50 Å². The minimum Gasteiger partial charge on any atom is -0.452 e. The molecular formula is C21H15ClN2O8S. The summed E-state index contributed by atoms with van der Waals surface area (Å²) in [5, 5.41) is 13.8. The molecule has 0 radical (unpaired) electrons. The van der Waals surface area contributed by atoms with Crippen LogP contribution in [0.15, 0.2) is 77.7 Å². The number of hydrogen-bond donors (Lipinski definition) is 1. The summed E-state index contributed by atoms with van der Waals surface area (Å²) in [5.74, 6) is -1.52. The molecular weight excluding hydrogens is 476 g/mol. The van der Waals surface area contributed by atoms with E-state index in [2.05, 4.69) is 5.32 Å². The molecule has 0 bridgehead atoms. The van der Waals surface area contributed by atoms with Gasteiger partial charge in [0.25, 0.3) is 11.6 Å². The smallest absolute Gasteiger partial charge is 0.339 e. The number of ether oxygens (including phenoxy) is 1. The largest absolute Gasteiger partial charge is 0.452 e. The van der Waals surface area contributed by atoms with Crippen LogP contribution >= 0.6 is 11.6 Å². The molecule has 3 aromatic carbocycles. The van der Waals surface area contributed by atoms with Crippen LogP contribution in [-0.2, 0) is 19.6 Å². The Morgan fingerprint density at radius 1 is 1.00 bits per heavy atom. The summed E-state index contributed by atoms with van der Waals surface area (Å²) < 4.78 is 34.6. The second-order valence-electron chi connectivity index (χ2n) is 6.45. The van der Waals surface area contributed by atoms with Gasteiger partial charge in [0.05, 0.1) is 10.5 Å². The molecule has 0 aliphatic heterocycles. The Balaban J connectivity index is 1.59. The van der Waals surface area contributed by atoms with Gasteiger partial charge >= 0.3 is 16.1 Å². The fourth-order valence-corrected chi connectivity index (χ4v) is 3.71. The summed E-state index contributed by atoms with van der Waals surface area (Å²) in [6.07, 6.45) is 0. The van der Waals surface area contributed by atoms with Gasteiger partial charge in [-0.1, -0.05) is 23.7 Å². The number of nitro benzene ring substituents is 1. The van der Waals surface area contributed by atoms with Gasteiger partial charge in [-0.05, 0) is 48.5 Å². The molecule has 33 heavy (non-hydrogen) atoms. The van der Waals surface area contributed by atoms with Crippen LogP contribution in [0.25, 0.3) is 0 Å². The van der Waals surface area contributed by atoms with Gasteiger partial charge in [-0.25, -0.2) is 4.79 Å². The lowest BCUT2D eigenvalue weighted by molar-refractivity contribution is -0.385. The molecule has 0 saturated heterocycles. The number of nitrogens with one attached hydrogen (secondary N) is 1. The molecule has 0 heterocycles. The molecule has 170 valence electrons. The van der Waals surface area contributed by atoms with Crippen molar-refractivity contribution in [2.75, 3.05) is 11.9 Å². The highest BCUT2D eigenvalue weighted by atomic mass is 35.5. The molecule has 0 fully saturated rings. The SMILES string of the molecule is O=C(COC(=O)c1ccc(OS(=O)(=O)c2cccc([N+](=O)[O-])c2)cc1)Nc1cccc(Cl)c1. The van der Waals surface area contributed by atoms with E-state index in [1.807, 2.05) is 0 Å². The first-order chi connectivity index (χ1) is 15.6. The van der Waals surface area contributed by atoms with Crippen molar-refractivity contribution in [3.8, 4) is 5.75 Å². The molecule has 0 aromatic heterocycles. The molecule has 3 rings (SSSR count). The zero-order valence-electron chi connectivity index (χ0n) is 16.6. The van der Waals surface area contributed by atoms with E-state index in [9.17, 15) is 28.1 Å². The summed E-state index contributed by atoms with van der Waals surface area (Å²) in [4.78, 5) is 33.8. The highest BCUT2D eigenvalue weighted by molar-refractivity contribution is 7.87. The number of hydrogen-bond acceptors (Lipinski definition) is 8. The van der Waals surface area contributed by atoms with Crippen molar-refractivity contribution in [3.05, 3.63) is 93.5 Å². The lowest BCUT2D eigenvalue weighted by atomic mass is 10.2. The van der Waals surface area contributed by atoms with Gasteiger partial charge in [-0.2, -0.15) is 8.42 Å². The van der Waals surface area contributed by atoms with Crippen LogP contribution in [0.4, 0.5) is 11.4 Å². The Bertz CT molecular complexity index is 1310. The number of rotatable bonds is 8. The third-order valence-electron chi connectivity index (χ3n) is 4.06. The first-order valence-electron chi connectivity index (χ1n) is 9.15. The Morgan fingerprint density at radius 2 is 1.70 bits per heavy atom. The standard InChI is InChI=1S/C21H15ClN2O8S/c22-15-3-1-4-16(11-15)23-20(25)13-31-21(26)14-7-9-18(10-8-14)32-33(29,30)19-6-2-5-17(12-19)24(27)28/h1-12H,13H2,(H,23,25). The summed E-state index contributed by atoms with van der Waals surface area (Å²) in [7, 11) is -4.34. The van der Waals surface area contributed by atoms with Crippen molar-refractivity contribution < 1.29 is 31.9 Å². The fourth-order valence-electron chi connectivity index (χ4n) is 2.55. The molecule has 12 heteroatoms. The second kappa shape index (κ2) is 10.1. The van der Waals surface area contributed by atoms with Gasteiger partial charge in [0.2, 0.25) is 0 Å². The van der Waals surface area contributed by atoms with Crippen molar-refractivity contribution in [1.29, 1.82) is 0 Å². The molecule has 0 spiro atoms. The van der Waals surface area contributed by atoms with Crippen LogP contribution in [0.1, 0.15) is 10.4 Å². The number of non-ortho nitro benzene ring substituents is 1. The number of carbonyl (C=O) groups excluding carboxylic acids is 2. The number of esters is 1. The first-order valence-corrected chi connectivity index (χ1v) is 10.9. The van der Waals surface area contributed by atoms with E-state index in [1.165, 1.54) is 36.4 Å². The van der Waals surface area contributed by atoms with E-state index in [4.69, 9.17) is 20.5 Å². The lowest BCUT2D eigenvalue weighted by Crippen LogP contribution is -2.20. The van der Waals surface area contributed by atoms with Crippen molar-refractivity contribution in [3.63, 3.8) is 0 Å². The zero-order chi connectivity index (χ0) is 24.0. The number of benzene rings is 3. The molecule has 1 amide bonds. The fraction of sp³-hybridized carbons (Fsp3) is 0.0476. The number of nitro groups is 1. The van der Waals surface area contributed by atoms with Crippen molar-refractivity contribution >= 4 is 45.0 Å². The highest BCUT2D eigenvalue weighted by Gasteiger charge is 2.20. The molecule has 0 aliphatic rings. The predicted octanol–water partition coefficient (Wildman–Crippen LogP) is 3.81. The summed E-state index contributed by atoms with van der Waals surface area (Å²) in [6, 6.07) is 15.7. The third kappa shape index (κ3) is 6.51. The number of nitrogens with zero attached hydrogens (tertiary/aromatic N) is 1. The van der Waals surface area contributed by atoms with Crippen molar-refractivity contribution in [1.82, 2.24) is 0 Å². The molecule has 10 nitrogen and oxygen atoms in total. The second-order valence-corrected chi connectivity index (χ2v) is 8.43. The van der Waals surface area contributed by atoms with E-state index in [0.717, 1.165) is 18.2 Å². The number of halogens is 1. The molecule has 3 aromatic rings. The topological polar surface area (TPSA) is 142 Å². The van der Waals surface area contributed by atoms with Gasteiger partial charge in [0.1, 0.15) is 10.6 Å². The zero-order valence-corrected chi connectivity index (χ0v) is 18.2. The molecule has 0 aliphatic carbocycles. The molecule has 1 N–H and O–H groups in total. The van der Waals surface area contributed by atoms with Gasteiger partial charge < -0.3 is 14.2 Å². The lowest BCUT2D eigenvalue weighted by Gasteiger charge is -2.09. The van der Waals surface area contributed by atoms with Crippen LogP contribution in [0.2, 0.25) is 5.02 Å². The van der Waals surface area contributed by atoms with Crippen LogP contribution in [-0.4, -0.2) is 31.8 Å². The van der Waals surface area contributed by atoms with Gasteiger partial charge in [-0.15, -0.1) is 0 Å². The summed E-state index contributed by atoms with van der Waals surface area (Å²) >= 11 is 5.83. The van der Waals surface area contributed by atoms with E-state index in [-0.39, 0.29) is 11.3 Å². The Morgan fingerprint density at radius 3 is 2.36 bits per heavy atom. The van der Waals surface area contributed by atoms with Crippen LogP contribution in [0.5, 0.6) is 5.75 Å². The van der Waals surface area contributed by atoms with E-state index >= 15 is 0 Å². The monoisotopic (exact) mass is 490 g/mol. The van der Waals surface area contributed by atoms with Crippen molar-refractivity contribution in [2.45, 2.75) is 4.90 Å². The average molecular weight is 491 g/mol. The minimum absolute atomic E-state index is 0.0469. The maximum atomic E-state index is 12.4. The quantitative estimate of drug-likeness (QED) is 0.217. The van der Waals surface area contributed by atoms with Gasteiger partial charge in [0, 0.05) is 22.8 Å². The third-order valence-corrected chi connectivity index (χ3v) is 5.53. The number of anilines is 1. The maximum absolute atomic E-state index is 12.4. The summed E-state index contributed by atoms with van der Waals surface area (Å²) in [5.41, 5.74) is 0.0813. The Labute approximate surface area is 193 Å². The highest BCUT2D eigenvalue weighted by Crippen LogP contribution is 2.22. The predicted molar refractivity (Wildman–Crippen MR) is 118 cm³/mol. The van der Waals surface area contributed by atoms with Crippen LogP contribution in [0.3, 0.4) is 0 Å². The van der Waals surface area contributed by atoms with E-state index in [1.54, 1.807) is 18.2 Å². The van der Waals surface area contributed by atoms with Crippen molar-refractivity contribution in [2.24, 2.45) is 0 Å². The first kappa shape index (κ1) is 23.7. The molecule has 0 atom stereocenters. The van der Waals surface area contributed by atoms with Crippen LogP contribution in [0, 0.1) is 10.1 Å². The summed E-state index contributed by atoms with van der Waals surface area (Å²) in [6.45, 7) is -0.551. The van der Waals surface area contributed by atoms with Gasteiger partial charge in [-0.3, -0.25) is 14.9 Å². The Hall–Kier alpha value is -3.96. The molecule has 0 unspecified atom stereocenters.